The van der Waals surface area contributed by atoms with Crippen LogP contribution < -0.4 is 0 Å². The molecule has 3 heterocycles. The number of benzene rings is 1. The fraction of sp³-hybridized carbons (Fsp3) is 0.346. The molecule has 2 aromatic heterocycles. The minimum atomic E-state index is -3.18. The Balaban J connectivity index is 1.62. The number of hydrogen-bond acceptors (Lipinski definition) is 4. The molecule has 1 aliphatic rings. The van der Waals surface area contributed by atoms with E-state index in [-0.39, 0.29) is 5.92 Å². The van der Waals surface area contributed by atoms with Crippen LogP contribution in [-0.2, 0) is 23.0 Å². The smallest absolute Gasteiger partial charge is 0.211 e. The Morgan fingerprint density at radius 3 is 2.74 bits per heavy atom. The molecule has 0 unspecified atom stereocenters. The van der Waals surface area contributed by atoms with Crippen LogP contribution in [0.5, 0.6) is 0 Å². The van der Waals surface area contributed by atoms with Gasteiger partial charge >= 0.3 is 0 Å². The molecule has 8 heteroatoms. The van der Waals surface area contributed by atoms with E-state index in [0.29, 0.717) is 18.1 Å². The molecule has 0 saturated carbocycles. The van der Waals surface area contributed by atoms with E-state index in [1.807, 2.05) is 30.9 Å². The van der Waals surface area contributed by atoms with Crippen LogP contribution in [0.4, 0.5) is 0 Å². The number of aromatic nitrogens is 3. The lowest BCUT2D eigenvalue weighted by molar-refractivity contribution is 0.323. The fourth-order valence-corrected chi connectivity index (χ4v) is 6.18. The normalized spacial score (nSPS) is 15.8. The van der Waals surface area contributed by atoms with Crippen molar-refractivity contribution in [1.29, 1.82) is 0 Å². The van der Waals surface area contributed by atoms with Gasteiger partial charge in [0.2, 0.25) is 10.0 Å². The van der Waals surface area contributed by atoms with Crippen molar-refractivity contribution in [3.63, 3.8) is 0 Å². The number of imidazole rings is 1. The van der Waals surface area contributed by atoms with Crippen molar-refractivity contribution in [2.24, 2.45) is 0 Å². The summed E-state index contributed by atoms with van der Waals surface area (Å²) in [6.07, 6.45) is 12.2. The van der Waals surface area contributed by atoms with Crippen LogP contribution in [0.1, 0.15) is 36.3 Å². The average molecular weight is 496 g/mol. The van der Waals surface area contributed by atoms with Crippen molar-refractivity contribution < 1.29 is 8.42 Å². The highest BCUT2D eigenvalue weighted by atomic mass is 35.5. The molecule has 0 N–H and O–H groups in total. The maximum absolute atomic E-state index is 12.1. The number of nitrogens with zero attached hydrogens (tertiary/aromatic N) is 4. The second-order valence-corrected chi connectivity index (χ2v) is 11.5. The summed E-state index contributed by atoms with van der Waals surface area (Å²) >= 11 is 6.49. The number of pyridine rings is 1. The molecule has 5 rings (SSSR count). The van der Waals surface area contributed by atoms with Crippen LogP contribution in [0.2, 0.25) is 5.02 Å². The Bertz CT molecular complexity index is 1440. The zero-order valence-electron chi connectivity index (χ0n) is 19.2. The third-order valence-corrected chi connectivity index (χ3v) is 8.33. The SMILES string of the molecule is CS(=O)(=O)N1CCC(c2c3ncccc3cc(CCCn3ccnc3)[c+]3cc(Cl)ccc23)CC1. The molecule has 34 heavy (non-hydrogen) atoms. The molecular formula is C26H28ClN4O2S+. The molecule has 0 spiro atoms. The summed E-state index contributed by atoms with van der Waals surface area (Å²) in [5, 5.41) is 4.13. The number of aryl methyl sites for hydroxylation is 2. The predicted molar refractivity (Wildman–Crippen MR) is 138 cm³/mol. The topological polar surface area (TPSA) is 68.1 Å². The van der Waals surface area contributed by atoms with E-state index in [9.17, 15) is 8.42 Å². The number of rotatable bonds is 6. The van der Waals surface area contributed by atoms with E-state index < -0.39 is 10.0 Å². The van der Waals surface area contributed by atoms with Gasteiger partial charge in [-0.05, 0) is 49.4 Å². The van der Waals surface area contributed by atoms with E-state index in [0.717, 1.165) is 53.9 Å². The summed E-state index contributed by atoms with van der Waals surface area (Å²) in [6.45, 7) is 1.96. The number of hydrogen-bond donors (Lipinski definition) is 0. The zero-order chi connectivity index (χ0) is 23.7. The van der Waals surface area contributed by atoms with Crippen molar-refractivity contribution in [3.8, 4) is 0 Å². The summed E-state index contributed by atoms with van der Waals surface area (Å²) in [6, 6.07) is 12.5. The summed E-state index contributed by atoms with van der Waals surface area (Å²) in [5.74, 6) is 0.227. The lowest BCUT2D eigenvalue weighted by Gasteiger charge is -2.29. The average Bonchev–Trinajstić information content (AvgIpc) is 3.29. The van der Waals surface area contributed by atoms with Gasteiger partial charge in [-0.2, -0.15) is 0 Å². The van der Waals surface area contributed by atoms with Gasteiger partial charge in [0.05, 0.1) is 28.9 Å². The third-order valence-electron chi connectivity index (χ3n) is 6.79. The number of piperidine rings is 1. The van der Waals surface area contributed by atoms with Gasteiger partial charge in [0.1, 0.15) is 10.5 Å². The maximum atomic E-state index is 12.1. The molecule has 176 valence electrons. The lowest BCUT2D eigenvalue weighted by atomic mass is 9.87. The van der Waals surface area contributed by atoms with Crippen LogP contribution >= 0.6 is 11.6 Å². The number of halogens is 1. The zero-order valence-corrected chi connectivity index (χ0v) is 20.8. The van der Waals surface area contributed by atoms with Crippen LogP contribution in [0.3, 0.4) is 0 Å². The van der Waals surface area contributed by atoms with Gasteiger partial charge in [-0.15, -0.1) is 0 Å². The Labute approximate surface area is 205 Å². The molecule has 0 amide bonds. The quantitative estimate of drug-likeness (QED) is 0.341. The highest BCUT2D eigenvalue weighted by Gasteiger charge is 2.30. The first-order valence-electron chi connectivity index (χ1n) is 11.6. The molecule has 0 atom stereocenters. The fourth-order valence-electron chi connectivity index (χ4n) is 5.14. The first-order valence-corrected chi connectivity index (χ1v) is 13.9. The van der Waals surface area contributed by atoms with E-state index in [1.165, 1.54) is 17.4 Å². The van der Waals surface area contributed by atoms with Gasteiger partial charge in [0.25, 0.3) is 0 Å². The molecule has 0 radical (unpaired) electrons. The van der Waals surface area contributed by atoms with Gasteiger partial charge in [0, 0.05) is 79.4 Å². The van der Waals surface area contributed by atoms with Gasteiger partial charge in [-0.3, -0.25) is 0 Å². The van der Waals surface area contributed by atoms with Gasteiger partial charge in [0.15, 0.2) is 0 Å². The molecule has 1 saturated heterocycles. The highest BCUT2D eigenvalue weighted by Crippen LogP contribution is 2.39. The summed E-state index contributed by atoms with van der Waals surface area (Å²) in [5.41, 5.74) is 3.44. The van der Waals surface area contributed by atoms with E-state index >= 15 is 0 Å². The van der Waals surface area contributed by atoms with Crippen molar-refractivity contribution in [2.45, 2.75) is 38.1 Å². The Hall–Kier alpha value is -2.61. The molecule has 0 aliphatic carbocycles. The summed E-state index contributed by atoms with van der Waals surface area (Å²) in [7, 11) is -3.18. The Morgan fingerprint density at radius 1 is 1.18 bits per heavy atom. The van der Waals surface area contributed by atoms with Crippen LogP contribution in [0, 0.1) is 0 Å². The highest BCUT2D eigenvalue weighted by molar-refractivity contribution is 7.88. The van der Waals surface area contributed by atoms with E-state index in [4.69, 9.17) is 16.6 Å². The number of fused-ring (bicyclic) bond motifs is 2. The molecule has 6 nitrogen and oxygen atoms in total. The van der Waals surface area contributed by atoms with Crippen molar-refractivity contribution in [1.82, 2.24) is 18.8 Å². The lowest BCUT2D eigenvalue weighted by Crippen LogP contribution is -2.37. The molecule has 1 fully saturated rings. The van der Waals surface area contributed by atoms with Crippen LogP contribution in [0.25, 0.3) is 21.7 Å². The van der Waals surface area contributed by atoms with Crippen LogP contribution in [0.15, 0.2) is 61.3 Å². The summed E-state index contributed by atoms with van der Waals surface area (Å²) in [4.78, 5) is 8.96. The standard InChI is InChI=1S/C26H28ClN4O2S/c1-34(32,33)31-13-8-19(9-14-31)25-23-7-6-22(27)17-24(23)20(5-3-12-30-15-11-28-18-30)16-21-4-2-10-29-26(21)25/h2,4,6-7,10-11,15-19H,3,5,8-9,12-14H2,1H3/q+1. The second-order valence-electron chi connectivity index (χ2n) is 9.05. The van der Waals surface area contributed by atoms with Gasteiger partial charge in [-0.1, -0.05) is 0 Å². The summed E-state index contributed by atoms with van der Waals surface area (Å²) < 4.78 is 27.8. The molecule has 4 aromatic rings. The predicted octanol–water partition coefficient (Wildman–Crippen LogP) is 5.29. The van der Waals surface area contributed by atoms with Crippen molar-refractivity contribution >= 4 is 43.3 Å². The van der Waals surface area contributed by atoms with E-state index in [2.05, 4.69) is 33.8 Å². The van der Waals surface area contributed by atoms with Crippen molar-refractivity contribution in [2.75, 3.05) is 19.3 Å². The van der Waals surface area contributed by atoms with E-state index in [1.54, 1.807) is 10.5 Å². The Kier molecular flexibility index (Phi) is 6.51. The van der Waals surface area contributed by atoms with Crippen molar-refractivity contribution in [3.05, 3.63) is 77.5 Å². The molecular weight excluding hydrogens is 468 g/mol. The molecule has 2 aromatic carbocycles. The maximum Gasteiger partial charge on any atom is 0.211 e. The Morgan fingerprint density at radius 2 is 2.00 bits per heavy atom. The molecule has 1 aliphatic heterocycles. The van der Waals surface area contributed by atoms with Gasteiger partial charge in [-0.25, -0.2) is 22.7 Å². The second kappa shape index (κ2) is 9.56. The number of sulfonamides is 1. The third kappa shape index (κ3) is 4.78. The molecule has 0 bridgehead atoms. The van der Waals surface area contributed by atoms with Gasteiger partial charge < -0.3 is 4.57 Å². The minimum Gasteiger partial charge on any atom is -0.337 e. The first kappa shape index (κ1) is 23.1. The monoisotopic (exact) mass is 495 g/mol. The van der Waals surface area contributed by atoms with Crippen LogP contribution in [-0.4, -0.2) is 46.6 Å². The first-order chi connectivity index (χ1) is 16.4. The minimum absolute atomic E-state index is 0.227. The largest absolute Gasteiger partial charge is 0.337 e.